The molecule has 1 aromatic heterocycles. The number of hydrogen-bond donors (Lipinski definition) is 4. The molecular weight excluding hydrogens is 378 g/mol. The van der Waals surface area contributed by atoms with E-state index in [9.17, 15) is 0 Å². The molecule has 1 saturated heterocycles. The van der Waals surface area contributed by atoms with Gasteiger partial charge in [-0.05, 0) is 49.2 Å². The van der Waals surface area contributed by atoms with Crippen LogP contribution in [-0.2, 0) is 0 Å². The van der Waals surface area contributed by atoms with Gasteiger partial charge in [0, 0.05) is 24.7 Å². The summed E-state index contributed by atoms with van der Waals surface area (Å²) < 4.78 is 5.83. The normalized spacial score (nSPS) is 16.8. The minimum absolute atomic E-state index is 0.145. The van der Waals surface area contributed by atoms with Crippen LogP contribution in [-0.4, -0.2) is 39.8 Å². The molecule has 2 heterocycles. The van der Waals surface area contributed by atoms with Crippen molar-refractivity contribution in [1.29, 1.82) is 5.41 Å². The van der Waals surface area contributed by atoms with E-state index in [0.717, 1.165) is 25.1 Å². The molecule has 2 aromatic carbocycles. The summed E-state index contributed by atoms with van der Waals surface area (Å²) in [7, 11) is 0. The lowest BCUT2D eigenvalue weighted by molar-refractivity contribution is 0.221. The molecule has 1 fully saturated rings. The van der Waals surface area contributed by atoms with Crippen molar-refractivity contribution in [3.05, 3.63) is 72.1 Å². The molecule has 8 nitrogen and oxygen atoms in total. The molecule has 30 heavy (non-hydrogen) atoms. The summed E-state index contributed by atoms with van der Waals surface area (Å²) in [6.07, 6.45) is 3.40. The third kappa shape index (κ3) is 4.56. The summed E-state index contributed by atoms with van der Waals surface area (Å²) in [5.74, 6) is 8.22. The van der Waals surface area contributed by atoms with E-state index in [4.69, 9.17) is 21.7 Å². The van der Waals surface area contributed by atoms with Crippen LogP contribution in [0.1, 0.15) is 24.0 Å². The molecule has 6 N–H and O–H groups in total. The van der Waals surface area contributed by atoms with Crippen molar-refractivity contribution in [1.82, 2.24) is 15.0 Å². The number of aromatic nitrogens is 2. The first-order valence-electron chi connectivity index (χ1n) is 9.89. The van der Waals surface area contributed by atoms with E-state index >= 15 is 0 Å². The Labute approximate surface area is 175 Å². The number of piperidine rings is 1. The highest BCUT2D eigenvalue weighted by Gasteiger charge is 2.22. The zero-order valence-corrected chi connectivity index (χ0v) is 16.6. The zero-order chi connectivity index (χ0) is 20.9. The maximum atomic E-state index is 8.73. The summed E-state index contributed by atoms with van der Waals surface area (Å²) in [6, 6.07) is 17.0. The van der Waals surface area contributed by atoms with Gasteiger partial charge in [0.15, 0.2) is 0 Å². The highest BCUT2D eigenvalue weighted by molar-refractivity contribution is 6.16. The summed E-state index contributed by atoms with van der Waals surface area (Å²) in [5, 5.41) is 13.9. The summed E-state index contributed by atoms with van der Waals surface area (Å²) in [5.41, 5.74) is 7.57. The maximum Gasteiger partial charge on any atom is 0.141 e. The highest BCUT2D eigenvalue weighted by Crippen LogP contribution is 2.26. The maximum absolute atomic E-state index is 8.73. The molecule has 1 aliphatic rings. The zero-order valence-electron chi connectivity index (χ0n) is 16.6. The number of para-hydroxylation sites is 1. The summed E-state index contributed by atoms with van der Waals surface area (Å²) in [4.78, 5) is 8.45. The molecule has 0 bridgehead atoms. The lowest BCUT2D eigenvalue weighted by Crippen LogP contribution is -2.46. The van der Waals surface area contributed by atoms with E-state index in [1.165, 1.54) is 6.33 Å². The second-order valence-corrected chi connectivity index (χ2v) is 7.28. The lowest BCUT2D eigenvalue weighted by atomic mass is 10.0. The highest BCUT2D eigenvalue weighted by atomic mass is 16.5. The Morgan fingerprint density at radius 2 is 1.80 bits per heavy atom. The Morgan fingerprint density at radius 3 is 2.53 bits per heavy atom. The predicted molar refractivity (Wildman–Crippen MR) is 118 cm³/mol. The minimum Gasteiger partial charge on any atom is -0.457 e. The molecule has 3 aromatic rings. The standard InChI is InChI=1S/C22H25N7O/c23-20(15-8-10-18(11-9-15)30-17-6-2-1-3-7-17)19-21(24)26-14-27-22(19)28-16-5-4-12-29(25)13-16/h1-3,6-11,14,16,23H,4-5,12-13,25H2,(H3,24,26,27,28). The average molecular weight is 403 g/mol. The van der Waals surface area contributed by atoms with Gasteiger partial charge >= 0.3 is 0 Å². The molecule has 0 amide bonds. The number of nitrogen functional groups attached to an aromatic ring is 1. The number of hydrazine groups is 1. The minimum atomic E-state index is 0.145. The molecule has 154 valence electrons. The largest absolute Gasteiger partial charge is 0.457 e. The van der Waals surface area contributed by atoms with Crippen LogP contribution in [0, 0.1) is 5.41 Å². The van der Waals surface area contributed by atoms with Crippen molar-refractivity contribution in [3.63, 3.8) is 0 Å². The van der Waals surface area contributed by atoms with Crippen LogP contribution in [0.4, 0.5) is 11.6 Å². The topological polar surface area (TPSA) is 126 Å². The van der Waals surface area contributed by atoms with Gasteiger partial charge in [-0.25, -0.2) is 15.0 Å². The second-order valence-electron chi connectivity index (χ2n) is 7.28. The number of benzene rings is 2. The van der Waals surface area contributed by atoms with E-state index < -0.39 is 0 Å². The SMILES string of the molecule is N=C(c1ccc(Oc2ccccc2)cc1)c1c(N)ncnc1NC1CCCN(N)C1. The Hall–Kier alpha value is -3.49. The van der Waals surface area contributed by atoms with Crippen LogP contribution in [0.15, 0.2) is 60.9 Å². The van der Waals surface area contributed by atoms with Crippen molar-refractivity contribution >= 4 is 17.3 Å². The van der Waals surface area contributed by atoms with E-state index in [0.29, 0.717) is 29.2 Å². The molecule has 8 heteroatoms. The molecule has 0 radical (unpaired) electrons. The summed E-state index contributed by atoms with van der Waals surface area (Å²) in [6.45, 7) is 1.59. The first-order valence-corrected chi connectivity index (χ1v) is 9.89. The number of nitrogens with zero attached hydrogens (tertiary/aromatic N) is 3. The number of rotatable bonds is 6. The Morgan fingerprint density at radius 1 is 1.07 bits per heavy atom. The molecule has 4 rings (SSSR count). The van der Waals surface area contributed by atoms with Crippen LogP contribution < -0.4 is 21.6 Å². The van der Waals surface area contributed by atoms with Gasteiger partial charge in [-0.3, -0.25) is 11.3 Å². The second kappa shape index (κ2) is 8.89. The molecule has 0 spiro atoms. The van der Waals surface area contributed by atoms with Gasteiger partial charge in [-0.2, -0.15) is 0 Å². The van der Waals surface area contributed by atoms with Crippen molar-refractivity contribution in [3.8, 4) is 11.5 Å². The van der Waals surface area contributed by atoms with Gasteiger partial charge in [-0.15, -0.1) is 0 Å². The fourth-order valence-corrected chi connectivity index (χ4v) is 3.53. The van der Waals surface area contributed by atoms with Crippen molar-refractivity contribution in [2.45, 2.75) is 18.9 Å². The molecule has 0 aliphatic carbocycles. The third-order valence-corrected chi connectivity index (χ3v) is 5.04. The molecular formula is C22H25N7O. The van der Waals surface area contributed by atoms with Crippen molar-refractivity contribution < 1.29 is 4.74 Å². The molecule has 1 aliphatic heterocycles. The Bertz CT molecular complexity index is 1010. The number of nitrogens with one attached hydrogen (secondary N) is 2. The van der Waals surface area contributed by atoms with E-state index in [1.54, 1.807) is 5.01 Å². The van der Waals surface area contributed by atoms with Crippen LogP contribution in [0.5, 0.6) is 11.5 Å². The van der Waals surface area contributed by atoms with Crippen LogP contribution in [0.3, 0.4) is 0 Å². The number of ether oxygens (including phenoxy) is 1. The van der Waals surface area contributed by atoms with Gasteiger partial charge in [0.25, 0.3) is 0 Å². The van der Waals surface area contributed by atoms with E-state index in [2.05, 4.69) is 15.3 Å². The van der Waals surface area contributed by atoms with Gasteiger partial charge in [-0.1, -0.05) is 18.2 Å². The fraction of sp³-hybridized carbons (Fsp3) is 0.227. The lowest BCUT2D eigenvalue weighted by Gasteiger charge is -2.30. The molecule has 1 unspecified atom stereocenters. The van der Waals surface area contributed by atoms with Crippen LogP contribution >= 0.6 is 0 Å². The first kappa shape index (κ1) is 19.8. The van der Waals surface area contributed by atoms with Crippen LogP contribution in [0.25, 0.3) is 0 Å². The van der Waals surface area contributed by atoms with Gasteiger partial charge < -0.3 is 15.8 Å². The number of hydrogen-bond acceptors (Lipinski definition) is 8. The van der Waals surface area contributed by atoms with E-state index in [-0.39, 0.29) is 17.6 Å². The Balaban J connectivity index is 1.54. The first-order chi connectivity index (χ1) is 14.6. The molecule has 0 saturated carbocycles. The van der Waals surface area contributed by atoms with Gasteiger partial charge in [0.1, 0.15) is 29.5 Å². The monoisotopic (exact) mass is 403 g/mol. The van der Waals surface area contributed by atoms with Crippen LogP contribution in [0.2, 0.25) is 0 Å². The molecule has 1 atom stereocenters. The third-order valence-electron chi connectivity index (χ3n) is 5.04. The summed E-state index contributed by atoms with van der Waals surface area (Å²) >= 11 is 0. The smallest absolute Gasteiger partial charge is 0.141 e. The van der Waals surface area contributed by atoms with Crippen molar-refractivity contribution in [2.24, 2.45) is 5.84 Å². The Kier molecular flexibility index (Phi) is 5.87. The number of anilines is 2. The quantitative estimate of drug-likeness (QED) is 0.368. The van der Waals surface area contributed by atoms with Crippen molar-refractivity contribution in [2.75, 3.05) is 24.1 Å². The number of nitrogens with two attached hydrogens (primary N) is 2. The predicted octanol–water partition coefficient (Wildman–Crippen LogP) is 3.02. The average Bonchev–Trinajstić information content (AvgIpc) is 2.75. The van der Waals surface area contributed by atoms with E-state index in [1.807, 2.05) is 54.6 Å². The van der Waals surface area contributed by atoms with Gasteiger partial charge in [0.2, 0.25) is 0 Å². The fourth-order valence-electron chi connectivity index (χ4n) is 3.53. The van der Waals surface area contributed by atoms with Gasteiger partial charge in [0.05, 0.1) is 11.3 Å².